The number of nitrogens with zero attached hydrogens (tertiary/aromatic N) is 3. The minimum atomic E-state index is -3.75. The van der Waals surface area contributed by atoms with Crippen molar-refractivity contribution in [2.45, 2.75) is 16.3 Å². The van der Waals surface area contributed by atoms with Gasteiger partial charge < -0.3 is 0 Å². The topological polar surface area (TPSA) is 89.3 Å². The minimum Gasteiger partial charge on any atom is -0.241 e. The van der Waals surface area contributed by atoms with Crippen molar-refractivity contribution in [1.29, 1.82) is 0 Å². The van der Waals surface area contributed by atoms with Gasteiger partial charge in [0.15, 0.2) is 9.84 Å². The van der Waals surface area contributed by atoms with Crippen LogP contribution in [-0.4, -0.2) is 44.2 Å². The Hall–Kier alpha value is -2.49. The predicted octanol–water partition coefficient (Wildman–Crippen LogP) is 2.10. The van der Waals surface area contributed by atoms with Crippen LogP contribution < -0.4 is 0 Å². The molecule has 7 nitrogen and oxygen atoms in total. The fourth-order valence-electron chi connectivity index (χ4n) is 2.54. The number of benzene rings is 2. The summed E-state index contributed by atoms with van der Waals surface area (Å²) >= 11 is 0. The molecule has 1 aromatic heterocycles. The van der Waals surface area contributed by atoms with Gasteiger partial charge >= 0.3 is 0 Å². The largest absolute Gasteiger partial charge is 0.243 e. The maximum absolute atomic E-state index is 12.7. The van der Waals surface area contributed by atoms with E-state index in [1.807, 2.05) is 30.3 Å². The first-order valence-electron chi connectivity index (χ1n) is 8.03. The van der Waals surface area contributed by atoms with Gasteiger partial charge in [-0.15, -0.1) is 0 Å². The molecule has 0 aliphatic rings. The second-order valence-electron chi connectivity index (χ2n) is 6.13. The lowest BCUT2D eigenvalue weighted by Crippen LogP contribution is -2.26. The molecule has 142 valence electrons. The zero-order valence-corrected chi connectivity index (χ0v) is 16.5. The number of para-hydroxylation sites is 1. The fraction of sp³-hybridized carbons (Fsp3) is 0.167. The van der Waals surface area contributed by atoms with Gasteiger partial charge in [0.1, 0.15) is 0 Å². The van der Waals surface area contributed by atoms with Crippen LogP contribution in [0.4, 0.5) is 0 Å². The van der Waals surface area contributed by atoms with Crippen LogP contribution in [0, 0.1) is 0 Å². The van der Waals surface area contributed by atoms with Gasteiger partial charge in [0.25, 0.3) is 0 Å². The summed E-state index contributed by atoms with van der Waals surface area (Å²) in [5.74, 6) is 0. The lowest BCUT2D eigenvalue weighted by molar-refractivity contribution is 0.466. The van der Waals surface area contributed by atoms with Crippen molar-refractivity contribution < 1.29 is 16.8 Å². The van der Waals surface area contributed by atoms with Gasteiger partial charge in [0.05, 0.1) is 21.7 Å². The van der Waals surface area contributed by atoms with Crippen LogP contribution in [0.2, 0.25) is 0 Å². The molecule has 0 unspecified atom stereocenters. The molecule has 3 rings (SSSR count). The molecule has 0 fully saturated rings. The van der Waals surface area contributed by atoms with Crippen molar-refractivity contribution >= 4 is 19.9 Å². The first kappa shape index (κ1) is 19.3. The fourth-order valence-corrected chi connectivity index (χ4v) is 4.33. The van der Waals surface area contributed by atoms with Crippen molar-refractivity contribution in [3.05, 3.63) is 72.6 Å². The number of hydrogen-bond donors (Lipinski definition) is 0. The minimum absolute atomic E-state index is 0.0350. The van der Waals surface area contributed by atoms with Crippen LogP contribution in [-0.2, 0) is 26.4 Å². The number of hydrogen-bond acceptors (Lipinski definition) is 5. The predicted molar refractivity (Wildman–Crippen MR) is 102 cm³/mol. The van der Waals surface area contributed by atoms with E-state index in [1.54, 1.807) is 17.1 Å². The number of sulfone groups is 1. The summed E-state index contributed by atoms with van der Waals surface area (Å²) in [4.78, 5) is 0.112. The van der Waals surface area contributed by atoms with E-state index in [9.17, 15) is 16.8 Å². The van der Waals surface area contributed by atoms with E-state index >= 15 is 0 Å². The molecule has 0 aliphatic heterocycles. The molecular formula is C18H19N3O4S2. The van der Waals surface area contributed by atoms with Crippen LogP contribution in [0.15, 0.2) is 76.8 Å². The zero-order valence-electron chi connectivity index (χ0n) is 14.8. The van der Waals surface area contributed by atoms with E-state index < -0.39 is 19.9 Å². The highest BCUT2D eigenvalue weighted by molar-refractivity contribution is 7.90. The van der Waals surface area contributed by atoms with Crippen molar-refractivity contribution in [2.24, 2.45) is 0 Å². The maximum atomic E-state index is 12.7. The molecular weight excluding hydrogens is 386 g/mol. The highest BCUT2D eigenvalue weighted by atomic mass is 32.2. The summed E-state index contributed by atoms with van der Waals surface area (Å²) in [5.41, 5.74) is 1.61. The van der Waals surface area contributed by atoms with Crippen LogP contribution in [0.1, 0.15) is 5.56 Å². The molecule has 2 aromatic carbocycles. The van der Waals surface area contributed by atoms with E-state index in [1.165, 1.54) is 35.6 Å². The Morgan fingerprint density at radius 3 is 2.11 bits per heavy atom. The quantitative estimate of drug-likeness (QED) is 0.626. The Balaban J connectivity index is 1.79. The van der Waals surface area contributed by atoms with Gasteiger partial charge in [-0.25, -0.2) is 21.5 Å². The summed E-state index contributed by atoms with van der Waals surface area (Å²) in [5, 5.41) is 4.26. The lowest BCUT2D eigenvalue weighted by Gasteiger charge is -2.16. The van der Waals surface area contributed by atoms with Gasteiger partial charge in [-0.3, -0.25) is 0 Å². The first-order valence-corrected chi connectivity index (χ1v) is 11.4. The van der Waals surface area contributed by atoms with E-state index in [4.69, 9.17) is 0 Å². The van der Waals surface area contributed by atoms with Gasteiger partial charge in [-0.1, -0.05) is 18.2 Å². The molecule has 3 aromatic rings. The van der Waals surface area contributed by atoms with Gasteiger partial charge in [0.2, 0.25) is 10.0 Å². The summed E-state index contributed by atoms with van der Waals surface area (Å²) in [7, 11) is -5.66. The van der Waals surface area contributed by atoms with Crippen LogP contribution in [0.3, 0.4) is 0 Å². The molecule has 0 N–H and O–H groups in total. The zero-order chi connectivity index (χ0) is 19.7. The van der Waals surface area contributed by atoms with Gasteiger partial charge in [0, 0.05) is 31.6 Å². The highest BCUT2D eigenvalue weighted by Crippen LogP contribution is 2.19. The van der Waals surface area contributed by atoms with Crippen molar-refractivity contribution in [1.82, 2.24) is 14.1 Å². The standard InChI is InChI=1S/C18H19N3O4S2/c1-20(13-15-12-19-21(14-15)16-6-4-3-5-7-16)27(24,25)18-10-8-17(9-11-18)26(2,22)23/h3-12,14H,13H2,1-2H3. The van der Waals surface area contributed by atoms with Gasteiger partial charge in [-0.05, 0) is 36.4 Å². The number of sulfonamides is 1. The molecule has 9 heteroatoms. The van der Waals surface area contributed by atoms with Crippen molar-refractivity contribution in [3.63, 3.8) is 0 Å². The van der Waals surface area contributed by atoms with E-state index in [0.29, 0.717) is 0 Å². The monoisotopic (exact) mass is 405 g/mol. The third kappa shape index (κ3) is 4.26. The third-order valence-electron chi connectivity index (χ3n) is 4.02. The average Bonchev–Trinajstić information content (AvgIpc) is 3.10. The van der Waals surface area contributed by atoms with Crippen LogP contribution >= 0.6 is 0 Å². The Bertz CT molecular complexity index is 1140. The Morgan fingerprint density at radius 2 is 1.52 bits per heavy atom. The van der Waals surface area contributed by atoms with Gasteiger partial charge in [-0.2, -0.15) is 9.40 Å². The molecule has 27 heavy (non-hydrogen) atoms. The molecule has 0 saturated heterocycles. The van der Waals surface area contributed by atoms with E-state index in [2.05, 4.69) is 5.10 Å². The molecule has 0 atom stereocenters. The number of rotatable bonds is 6. The second kappa shape index (κ2) is 7.26. The molecule has 0 bridgehead atoms. The second-order valence-corrected chi connectivity index (χ2v) is 10.2. The molecule has 0 aliphatic carbocycles. The Labute approximate surface area is 158 Å². The first-order chi connectivity index (χ1) is 12.7. The molecule has 0 radical (unpaired) electrons. The van der Waals surface area contributed by atoms with Crippen LogP contribution in [0.5, 0.6) is 0 Å². The molecule has 1 heterocycles. The normalized spacial score (nSPS) is 12.4. The van der Waals surface area contributed by atoms with Crippen molar-refractivity contribution in [2.75, 3.05) is 13.3 Å². The summed E-state index contributed by atoms with van der Waals surface area (Å²) in [6.45, 7) is 0.142. The third-order valence-corrected chi connectivity index (χ3v) is 6.97. The van der Waals surface area contributed by atoms with Crippen LogP contribution in [0.25, 0.3) is 5.69 Å². The summed E-state index contributed by atoms with van der Waals surface area (Å²) in [6.07, 6.45) is 4.47. The lowest BCUT2D eigenvalue weighted by atomic mass is 10.3. The summed E-state index contributed by atoms with van der Waals surface area (Å²) in [6, 6.07) is 14.7. The smallest absolute Gasteiger partial charge is 0.241 e. The van der Waals surface area contributed by atoms with E-state index in [0.717, 1.165) is 17.5 Å². The highest BCUT2D eigenvalue weighted by Gasteiger charge is 2.22. The SMILES string of the molecule is CN(Cc1cnn(-c2ccccc2)c1)S(=O)(=O)c1ccc(S(C)(=O)=O)cc1. The number of aromatic nitrogens is 2. The van der Waals surface area contributed by atoms with Crippen molar-refractivity contribution in [3.8, 4) is 5.69 Å². The Kier molecular flexibility index (Phi) is 5.18. The maximum Gasteiger partial charge on any atom is 0.243 e. The molecule has 0 spiro atoms. The molecule has 0 amide bonds. The summed E-state index contributed by atoms with van der Waals surface area (Å²) < 4.78 is 51.4. The average molecular weight is 406 g/mol. The molecule has 0 saturated carbocycles. The Morgan fingerprint density at radius 1 is 0.926 bits per heavy atom. The van der Waals surface area contributed by atoms with E-state index in [-0.39, 0.29) is 16.3 Å².